The third kappa shape index (κ3) is 3.55. The van der Waals surface area contributed by atoms with Crippen molar-refractivity contribution >= 4 is 32.7 Å². The third-order valence-electron chi connectivity index (χ3n) is 3.24. The molecule has 0 bridgehead atoms. The summed E-state index contributed by atoms with van der Waals surface area (Å²) in [6.07, 6.45) is 1.00. The summed E-state index contributed by atoms with van der Waals surface area (Å²) in [6.45, 7) is 2.83. The fraction of sp³-hybridized carbons (Fsp3) is 0.286. The van der Waals surface area contributed by atoms with Crippen LogP contribution in [-0.4, -0.2) is 15.5 Å². The first-order valence-corrected chi connectivity index (χ1v) is 8.96. The molecule has 0 aliphatic carbocycles. The van der Waals surface area contributed by atoms with Gasteiger partial charge in [0.1, 0.15) is 4.90 Å². The van der Waals surface area contributed by atoms with Gasteiger partial charge in [-0.25, -0.2) is 13.1 Å². The monoisotopic (exact) mass is 325 g/mol. The van der Waals surface area contributed by atoms with Crippen molar-refractivity contribution in [3.8, 4) is 0 Å². The van der Waals surface area contributed by atoms with E-state index in [0.29, 0.717) is 6.54 Å². The summed E-state index contributed by atoms with van der Waals surface area (Å²) in [5.41, 5.74) is 8.20. The molecule has 2 aromatic rings. The number of thiophene rings is 1. The highest BCUT2D eigenvalue weighted by molar-refractivity contribution is 7.89. The summed E-state index contributed by atoms with van der Waals surface area (Å²) in [5.74, 6) is 0. The Kier molecular flexibility index (Phi) is 4.87. The molecule has 0 saturated heterocycles. The van der Waals surface area contributed by atoms with Crippen molar-refractivity contribution in [3.63, 3.8) is 0 Å². The molecule has 1 heterocycles. The molecule has 0 radical (unpaired) electrons. The predicted octanol–water partition coefficient (Wildman–Crippen LogP) is 2.41. The molecule has 0 fully saturated rings. The van der Waals surface area contributed by atoms with Crippen LogP contribution >= 0.6 is 11.3 Å². The third-order valence-corrected chi connectivity index (χ3v) is 5.69. The SMILES string of the molecule is CCc1ccsc1CNc1ccc(S(=O)(=O)NC)c(N)c1. The van der Waals surface area contributed by atoms with E-state index in [0.717, 1.165) is 12.1 Å². The van der Waals surface area contributed by atoms with Gasteiger partial charge >= 0.3 is 0 Å². The number of anilines is 2. The first-order chi connectivity index (χ1) is 9.97. The lowest BCUT2D eigenvalue weighted by atomic mass is 10.2. The Labute approximate surface area is 129 Å². The van der Waals surface area contributed by atoms with Gasteiger partial charge in [0, 0.05) is 17.1 Å². The number of aryl methyl sites for hydroxylation is 1. The first-order valence-electron chi connectivity index (χ1n) is 6.60. The lowest BCUT2D eigenvalue weighted by Gasteiger charge is -2.10. The van der Waals surface area contributed by atoms with Crippen LogP contribution in [0.4, 0.5) is 11.4 Å². The van der Waals surface area contributed by atoms with Crippen LogP contribution in [0.5, 0.6) is 0 Å². The average Bonchev–Trinajstić information content (AvgIpc) is 2.92. The van der Waals surface area contributed by atoms with Crippen molar-refractivity contribution in [1.82, 2.24) is 4.72 Å². The van der Waals surface area contributed by atoms with Gasteiger partial charge in [0.25, 0.3) is 0 Å². The van der Waals surface area contributed by atoms with E-state index in [4.69, 9.17) is 5.73 Å². The molecule has 2 rings (SSSR count). The quantitative estimate of drug-likeness (QED) is 0.712. The highest BCUT2D eigenvalue weighted by atomic mass is 32.2. The summed E-state index contributed by atoms with van der Waals surface area (Å²) >= 11 is 1.71. The summed E-state index contributed by atoms with van der Waals surface area (Å²) in [5, 5.41) is 5.35. The van der Waals surface area contributed by atoms with E-state index in [9.17, 15) is 8.42 Å². The lowest BCUT2D eigenvalue weighted by Crippen LogP contribution is -2.20. The second-order valence-electron chi connectivity index (χ2n) is 4.54. The van der Waals surface area contributed by atoms with Crippen LogP contribution in [0.3, 0.4) is 0 Å². The second kappa shape index (κ2) is 6.46. The van der Waals surface area contributed by atoms with Crippen molar-refractivity contribution < 1.29 is 8.42 Å². The fourth-order valence-corrected chi connectivity index (χ4v) is 3.78. The number of hydrogen-bond donors (Lipinski definition) is 3. The van der Waals surface area contributed by atoms with Gasteiger partial charge < -0.3 is 11.1 Å². The Balaban J connectivity index is 2.14. The molecule has 0 unspecified atom stereocenters. The van der Waals surface area contributed by atoms with E-state index in [1.165, 1.54) is 23.6 Å². The standard InChI is InChI=1S/C14H19N3O2S2/c1-3-10-6-7-20-13(10)9-17-11-4-5-14(12(15)8-11)21(18,19)16-2/h4-8,16-17H,3,9,15H2,1-2H3. The highest BCUT2D eigenvalue weighted by Crippen LogP contribution is 2.24. The molecule has 0 spiro atoms. The molecule has 21 heavy (non-hydrogen) atoms. The van der Waals surface area contributed by atoms with Gasteiger partial charge in [0.05, 0.1) is 5.69 Å². The maximum absolute atomic E-state index is 11.8. The first kappa shape index (κ1) is 15.8. The molecule has 0 atom stereocenters. The molecule has 0 amide bonds. The molecule has 4 N–H and O–H groups in total. The number of hydrogen-bond acceptors (Lipinski definition) is 5. The molecule has 5 nitrogen and oxygen atoms in total. The summed E-state index contributed by atoms with van der Waals surface area (Å²) in [7, 11) is -2.15. The molecule has 0 aliphatic heterocycles. The zero-order valence-corrected chi connectivity index (χ0v) is 13.6. The van der Waals surface area contributed by atoms with Crippen LogP contribution in [0.2, 0.25) is 0 Å². The van der Waals surface area contributed by atoms with Gasteiger partial charge in [-0.3, -0.25) is 0 Å². The van der Waals surface area contributed by atoms with E-state index in [-0.39, 0.29) is 10.6 Å². The minimum Gasteiger partial charge on any atom is -0.398 e. The van der Waals surface area contributed by atoms with Gasteiger partial charge in [-0.1, -0.05) is 6.92 Å². The highest BCUT2D eigenvalue weighted by Gasteiger charge is 2.15. The Morgan fingerprint density at radius 2 is 2.05 bits per heavy atom. The van der Waals surface area contributed by atoms with Crippen LogP contribution in [0.25, 0.3) is 0 Å². The van der Waals surface area contributed by atoms with Gasteiger partial charge in [-0.15, -0.1) is 11.3 Å². The van der Waals surface area contributed by atoms with E-state index in [1.807, 2.05) is 0 Å². The van der Waals surface area contributed by atoms with Crippen molar-refractivity contribution in [2.24, 2.45) is 0 Å². The lowest BCUT2D eigenvalue weighted by molar-refractivity contribution is 0.588. The number of sulfonamides is 1. The molecule has 7 heteroatoms. The largest absolute Gasteiger partial charge is 0.398 e. The number of benzene rings is 1. The molecule has 0 aliphatic rings. The molecule has 1 aromatic carbocycles. The average molecular weight is 325 g/mol. The summed E-state index contributed by atoms with van der Waals surface area (Å²) in [4.78, 5) is 1.38. The number of nitrogens with one attached hydrogen (secondary N) is 2. The van der Waals surface area contributed by atoms with Gasteiger partial charge in [-0.05, 0) is 48.7 Å². The van der Waals surface area contributed by atoms with Crippen LogP contribution < -0.4 is 15.8 Å². The summed E-state index contributed by atoms with van der Waals surface area (Å²) in [6, 6.07) is 7.00. The molecule has 1 aromatic heterocycles. The molecule has 114 valence electrons. The second-order valence-corrected chi connectivity index (χ2v) is 7.39. The normalized spacial score (nSPS) is 11.5. The van der Waals surface area contributed by atoms with Gasteiger partial charge in [-0.2, -0.15) is 0 Å². The Morgan fingerprint density at radius 3 is 2.67 bits per heavy atom. The smallest absolute Gasteiger partial charge is 0.242 e. The fourth-order valence-electron chi connectivity index (χ4n) is 2.03. The minimum absolute atomic E-state index is 0.0981. The van der Waals surface area contributed by atoms with Crippen molar-refractivity contribution in [1.29, 1.82) is 0 Å². The van der Waals surface area contributed by atoms with Crippen LogP contribution in [0.1, 0.15) is 17.4 Å². The van der Waals surface area contributed by atoms with Crippen molar-refractivity contribution in [2.75, 3.05) is 18.1 Å². The number of rotatable bonds is 6. The predicted molar refractivity (Wildman–Crippen MR) is 88.1 cm³/mol. The van der Waals surface area contributed by atoms with E-state index >= 15 is 0 Å². The number of nitrogen functional groups attached to an aromatic ring is 1. The summed E-state index contributed by atoms with van der Waals surface area (Å²) < 4.78 is 25.8. The zero-order chi connectivity index (χ0) is 15.5. The Bertz CT molecular complexity index is 724. The Morgan fingerprint density at radius 1 is 1.29 bits per heavy atom. The topological polar surface area (TPSA) is 84.2 Å². The van der Waals surface area contributed by atoms with Crippen molar-refractivity contribution in [2.45, 2.75) is 24.8 Å². The minimum atomic E-state index is -3.52. The molecular weight excluding hydrogens is 306 g/mol. The number of nitrogens with two attached hydrogens (primary N) is 1. The van der Waals surface area contributed by atoms with Gasteiger partial charge in [0.15, 0.2) is 0 Å². The molecule has 0 saturated carbocycles. The molecular formula is C14H19N3O2S2. The Hall–Kier alpha value is -1.57. The van der Waals surface area contributed by atoms with Gasteiger partial charge in [0.2, 0.25) is 10.0 Å². The maximum Gasteiger partial charge on any atom is 0.242 e. The maximum atomic E-state index is 11.8. The van der Waals surface area contributed by atoms with E-state index < -0.39 is 10.0 Å². The van der Waals surface area contributed by atoms with Crippen molar-refractivity contribution in [3.05, 3.63) is 40.1 Å². The van der Waals surface area contributed by atoms with Crippen LogP contribution in [-0.2, 0) is 23.0 Å². The van der Waals surface area contributed by atoms with Crippen LogP contribution in [0.15, 0.2) is 34.5 Å². The van der Waals surface area contributed by atoms with E-state index in [1.54, 1.807) is 23.5 Å². The van der Waals surface area contributed by atoms with E-state index in [2.05, 4.69) is 28.4 Å². The zero-order valence-electron chi connectivity index (χ0n) is 12.0. The van der Waals surface area contributed by atoms with Crippen LogP contribution in [0, 0.1) is 0 Å².